The number of hydrogen-bond acceptors (Lipinski definition) is 2. The lowest BCUT2D eigenvalue weighted by Crippen LogP contribution is -1.99. The number of pyridine rings is 1. The molecule has 0 bridgehead atoms. The van der Waals surface area contributed by atoms with E-state index in [4.69, 9.17) is 0 Å². The largest absolute Gasteiger partial charge is 0.293 e. The number of aromatic nitrogens is 1. The molecule has 14 heavy (non-hydrogen) atoms. The Balaban J connectivity index is 2.56. The van der Waals surface area contributed by atoms with Gasteiger partial charge in [-0.2, -0.15) is 0 Å². The highest BCUT2D eigenvalue weighted by Crippen LogP contribution is 2.15. The zero-order valence-corrected chi connectivity index (χ0v) is 8.99. The number of fused-ring (bicyclic) bond motifs is 1. The highest BCUT2D eigenvalue weighted by Gasteiger charge is 2.03. The van der Waals surface area contributed by atoms with Crippen molar-refractivity contribution >= 4 is 32.5 Å². The first-order valence-electron chi connectivity index (χ1n) is 4.24. The number of nitrogens with zero attached hydrogens (tertiary/aromatic N) is 1. The van der Waals surface area contributed by atoms with E-state index in [-0.39, 0.29) is 5.78 Å². The van der Waals surface area contributed by atoms with Gasteiger partial charge in [0.05, 0.1) is 5.33 Å². The summed E-state index contributed by atoms with van der Waals surface area (Å²) in [6.07, 6.45) is 3.52. The van der Waals surface area contributed by atoms with E-state index >= 15 is 0 Å². The van der Waals surface area contributed by atoms with Crippen LogP contribution in [0.25, 0.3) is 10.8 Å². The highest BCUT2D eigenvalue weighted by atomic mass is 79.9. The van der Waals surface area contributed by atoms with Gasteiger partial charge >= 0.3 is 0 Å². The molecule has 70 valence electrons. The van der Waals surface area contributed by atoms with Gasteiger partial charge in [0, 0.05) is 23.3 Å². The maximum atomic E-state index is 11.4. The average molecular weight is 250 g/mol. The number of rotatable bonds is 2. The maximum absolute atomic E-state index is 11.4. The molecule has 0 aliphatic carbocycles. The van der Waals surface area contributed by atoms with Crippen molar-refractivity contribution in [2.75, 3.05) is 5.33 Å². The number of benzene rings is 1. The van der Waals surface area contributed by atoms with Crippen LogP contribution in [0.3, 0.4) is 0 Å². The fourth-order valence-corrected chi connectivity index (χ4v) is 1.66. The number of alkyl halides is 1. The molecule has 1 aromatic carbocycles. The Hall–Kier alpha value is -1.22. The number of halogens is 1. The molecule has 0 fully saturated rings. The van der Waals surface area contributed by atoms with Gasteiger partial charge in [0.15, 0.2) is 5.78 Å². The van der Waals surface area contributed by atoms with Crippen LogP contribution in [-0.2, 0) is 0 Å². The zero-order valence-electron chi connectivity index (χ0n) is 7.40. The quantitative estimate of drug-likeness (QED) is 0.606. The molecule has 0 radical (unpaired) electrons. The molecule has 0 saturated carbocycles. The molecular formula is C11H8BrNO. The minimum atomic E-state index is 0.101. The third-order valence-corrected chi connectivity index (χ3v) is 2.59. The van der Waals surface area contributed by atoms with E-state index in [1.165, 1.54) is 0 Å². The molecule has 0 unspecified atom stereocenters. The molecular weight excluding hydrogens is 242 g/mol. The van der Waals surface area contributed by atoms with Gasteiger partial charge in [0.25, 0.3) is 0 Å². The molecule has 2 aromatic rings. The van der Waals surface area contributed by atoms with Crippen molar-refractivity contribution in [3.8, 4) is 0 Å². The van der Waals surface area contributed by atoms with Gasteiger partial charge in [0.2, 0.25) is 0 Å². The van der Waals surface area contributed by atoms with Crippen molar-refractivity contribution in [1.82, 2.24) is 4.98 Å². The van der Waals surface area contributed by atoms with Gasteiger partial charge in [-0.05, 0) is 17.5 Å². The van der Waals surface area contributed by atoms with Crippen LogP contribution in [0.5, 0.6) is 0 Å². The van der Waals surface area contributed by atoms with Crippen molar-refractivity contribution in [2.45, 2.75) is 0 Å². The molecule has 0 aliphatic rings. The van der Waals surface area contributed by atoms with Crippen molar-refractivity contribution in [2.24, 2.45) is 0 Å². The topological polar surface area (TPSA) is 30.0 Å². The predicted molar refractivity (Wildman–Crippen MR) is 59.9 cm³/mol. The molecule has 0 spiro atoms. The van der Waals surface area contributed by atoms with Gasteiger partial charge < -0.3 is 0 Å². The van der Waals surface area contributed by atoms with Crippen molar-refractivity contribution in [1.29, 1.82) is 0 Å². The number of ketones is 1. The Morgan fingerprint density at radius 2 is 2.14 bits per heavy atom. The van der Waals surface area contributed by atoms with E-state index < -0.39 is 0 Å². The Morgan fingerprint density at radius 1 is 1.29 bits per heavy atom. The lowest BCUT2D eigenvalue weighted by atomic mass is 10.1. The number of carbonyl (C=O) groups excluding carboxylic acids is 1. The molecule has 0 N–H and O–H groups in total. The highest BCUT2D eigenvalue weighted by molar-refractivity contribution is 9.09. The minimum Gasteiger partial charge on any atom is -0.293 e. The second kappa shape index (κ2) is 3.88. The van der Waals surface area contributed by atoms with Crippen LogP contribution in [0.4, 0.5) is 0 Å². The molecule has 2 rings (SSSR count). The Morgan fingerprint density at radius 3 is 2.93 bits per heavy atom. The van der Waals surface area contributed by atoms with E-state index in [0.29, 0.717) is 5.33 Å². The monoisotopic (exact) mass is 249 g/mol. The molecule has 1 aromatic heterocycles. The summed E-state index contributed by atoms with van der Waals surface area (Å²) < 4.78 is 0. The summed E-state index contributed by atoms with van der Waals surface area (Å²) in [5, 5.41) is 2.47. The fourth-order valence-electron chi connectivity index (χ4n) is 1.33. The first-order chi connectivity index (χ1) is 6.81. The summed E-state index contributed by atoms with van der Waals surface area (Å²) in [4.78, 5) is 15.4. The van der Waals surface area contributed by atoms with Crippen molar-refractivity contribution in [3.05, 3.63) is 42.2 Å². The van der Waals surface area contributed by atoms with Crippen LogP contribution in [0.1, 0.15) is 10.4 Å². The van der Waals surface area contributed by atoms with Crippen molar-refractivity contribution in [3.63, 3.8) is 0 Å². The van der Waals surface area contributed by atoms with E-state index in [2.05, 4.69) is 20.9 Å². The van der Waals surface area contributed by atoms with Gasteiger partial charge in [-0.1, -0.05) is 28.1 Å². The van der Waals surface area contributed by atoms with Gasteiger partial charge in [-0.25, -0.2) is 0 Å². The van der Waals surface area contributed by atoms with Crippen LogP contribution in [0, 0.1) is 0 Å². The van der Waals surface area contributed by atoms with Crippen LogP contribution in [0.15, 0.2) is 36.7 Å². The second-order valence-corrected chi connectivity index (χ2v) is 3.56. The number of Topliss-reactive ketones (excluding diaryl/α,β-unsaturated/α-hetero) is 1. The third kappa shape index (κ3) is 1.68. The van der Waals surface area contributed by atoms with E-state index in [0.717, 1.165) is 16.3 Å². The lowest BCUT2D eigenvalue weighted by Gasteiger charge is -1.99. The minimum absolute atomic E-state index is 0.101. The standard InChI is InChI=1S/C11H8BrNO/c12-6-11(14)9-1-2-10-7-13-4-3-8(10)5-9/h1-5,7H,6H2. The summed E-state index contributed by atoms with van der Waals surface area (Å²) in [6, 6.07) is 7.53. The van der Waals surface area contributed by atoms with Crippen molar-refractivity contribution < 1.29 is 4.79 Å². The lowest BCUT2D eigenvalue weighted by molar-refractivity contribution is 0.102. The molecule has 0 atom stereocenters. The molecule has 2 nitrogen and oxygen atoms in total. The molecule has 1 heterocycles. The smallest absolute Gasteiger partial charge is 0.173 e. The Labute approximate surface area is 90.1 Å². The van der Waals surface area contributed by atoms with E-state index in [1.807, 2.05) is 24.3 Å². The SMILES string of the molecule is O=C(CBr)c1ccc2cnccc2c1. The summed E-state index contributed by atoms with van der Waals surface area (Å²) in [6.45, 7) is 0. The Kier molecular flexibility index (Phi) is 2.59. The molecule has 0 aliphatic heterocycles. The van der Waals surface area contributed by atoms with Gasteiger partial charge in [-0.15, -0.1) is 0 Å². The third-order valence-electron chi connectivity index (χ3n) is 2.08. The summed E-state index contributed by atoms with van der Waals surface area (Å²) in [5.41, 5.74) is 0.737. The molecule has 3 heteroatoms. The van der Waals surface area contributed by atoms with E-state index in [1.54, 1.807) is 12.4 Å². The average Bonchev–Trinajstić information content (AvgIpc) is 2.27. The van der Waals surface area contributed by atoms with E-state index in [9.17, 15) is 4.79 Å². The van der Waals surface area contributed by atoms with Crippen LogP contribution in [-0.4, -0.2) is 16.1 Å². The first kappa shape index (κ1) is 9.34. The normalized spacial score (nSPS) is 10.4. The van der Waals surface area contributed by atoms with Crippen LogP contribution in [0.2, 0.25) is 0 Å². The zero-order chi connectivity index (χ0) is 9.97. The molecule has 0 amide bonds. The predicted octanol–water partition coefficient (Wildman–Crippen LogP) is 2.81. The Bertz CT molecular complexity index is 481. The number of hydrogen-bond donors (Lipinski definition) is 0. The summed E-state index contributed by atoms with van der Waals surface area (Å²) >= 11 is 3.15. The second-order valence-electron chi connectivity index (χ2n) is 2.99. The maximum Gasteiger partial charge on any atom is 0.173 e. The van der Waals surface area contributed by atoms with Gasteiger partial charge in [-0.3, -0.25) is 9.78 Å². The van der Waals surface area contributed by atoms with Crippen LogP contribution >= 0.6 is 15.9 Å². The van der Waals surface area contributed by atoms with Crippen LogP contribution < -0.4 is 0 Å². The number of carbonyl (C=O) groups is 1. The molecule has 0 saturated heterocycles. The summed E-state index contributed by atoms with van der Waals surface area (Å²) in [5.74, 6) is 0.101. The summed E-state index contributed by atoms with van der Waals surface area (Å²) in [7, 11) is 0. The fraction of sp³-hybridized carbons (Fsp3) is 0.0909. The first-order valence-corrected chi connectivity index (χ1v) is 5.36. The van der Waals surface area contributed by atoms with Gasteiger partial charge in [0.1, 0.15) is 0 Å².